The summed E-state index contributed by atoms with van der Waals surface area (Å²) in [6.07, 6.45) is 2.65. The van der Waals surface area contributed by atoms with E-state index in [2.05, 4.69) is 74.9 Å². The number of anilines is 2. The second kappa shape index (κ2) is 8.37. The van der Waals surface area contributed by atoms with Crippen LogP contribution in [0.3, 0.4) is 0 Å². The smallest absolute Gasteiger partial charge is 0.162 e. The maximum absolute atomic E-state index is 12.6. The number of likely N-dealkylation sites (tertiary alicyclic amines) is 1. The Hall–Kier alpha value is -1.64. The number of Topliss-reactive ketones (excluding diaryl/α,β-unsaturated/α-hetero) is 1. The number of piperidine rings is 1. The number of carbonyl (C=O) groups is 1. The molecule has 0 radical (unpaired) electrons. The Bertz CT molecular complexity index is 978. The first-order valence-electron chi connectivity index (χ1n) is 11.4. The van der Waals surface area contributed by atoms with Gasteiger partial charge in [-0.3, -0.25) is 10.1 Å². The van der Waals surface area contributed by atoms with Gasteiger partial charge in [0.1, 0.15) is 5.66 Å². The molecule has 5 rings (SSSR count). The van der Waals surface area contributed by atoms with Crippen molar-refractivity contribution in [3.8, 4) is 0 Å². The molecule has 3 aliphatic rings. The van der Waals surface area contributed by atoms with Crippen molar-refractivity contribution in [2.45, 2.75) is 30.8 Å². The van der Waals surface area contributed by atoms with E-state index in [0.29, 0.717) is 12.3 Å². The van der Waals surface area contributed by atoms with E-state index in [1.807, 2.05) is 24.3 Å². The fraction of sp³-hybridized carbons (Fsp3) is 0.480. The van der Waals surface area contributed by atoms with Gasteiger partial charge in [-0.05, 0) is 72.8 Å². The van der Waals surface area contributed by atoms with Crippen LogP contribution in [0.2, 0.25) is 0 Å². The maximum Gasteiger partial charge on any atom is 0.162 e. The second-order valence-electron chi connectivity index (χ2n) is 9.10. The highest BCUT2D eigenvalue weighted by Crippen LogP contribution is 2.54. The van der Waals surface area contributed by atoms with Crippen molar-refractivity contribution in [1.82, 2.24) is 10.2 Å². The summed E-state index contributed by atoms with van der Waals surface area (Å²) in [6.45, 7) is 5.25. The Kier molecular flexibility index (Phi) is 5.73. The maximum atomic E-state index is 12.6. The molecule has 1 fully saturated rings. The summed E-state index contributed by atoms with van der Waals surface area (Å²) in [7, 11) is 4.34. The minimum Gasteiger partial charge on any atom is -0.371 e. The number of nitrogens with zero attached hydrogens (tertiary/aromatic N) is 3. The molecule has 0 aromatic heterocycles. The lowest BCUT2D eigenvalue weighted by atomic mass is 9.83. The summed E-state index contributed by atoms with van der Waals surface area (Å²) in [5.41, 5.74) is 5.14. The minimum absolute atomic E-state index is 0.0210. The topological polar surface area (TPSA) is 38.8 Å². The molecule has 1 saturated heterocycles. The summed E-state index contributed by atoms with van der Waals surface area (Å²) in [5, 5.41) is 3.75. The number of rotatable bonds is 6. The van der Waals surface area contributed by atoms with Gasteiger partial charge in [-0.15, -0.1) is 0 Å². The van der Waals surface area contributed by atoms with E-state index in [-0.39, 0.29) is 11.4 Å². The third-order valence-electron chi connectivity index (χ3n) is 7.55. The Morgan fingerprint density at radius 2 is 1.97 bits per heavy atom. The molecule has 0 bridgehead atoms. The van der Waals surface area contributed by atoms with Crippen molar-refractivity contribution in [2.24, 2.45) is 0 Å². The Balaban J connectivity index is 1.28. The van der Waals surface area contributed by atoms with Gasteiger partial charge in [0.15, 0.2) is 5.78 Å². The van der Waals surface area contributed by atoms with E-state index in [1.165, 1.54) is 20.5 Å². The number of para-hydroxylation sites is 1. The van der Waals surface area contributed by atoms with Gasteiger partial charge in [0, 0.05) is 54.7 Å². The first-order valence-corrected chi connectivity index (χ1v) is 12.4. The molecule has 0 spiro atoms. The van der Waals surface area contributed by atoms with Gasteiger partial charge >= 0.3 is 0 Å². The van der Waals surface area contributed by atoms with Crippen LogP contribution in [0.25, 0.3) is 0 Å². The van der Waals surface area contributed by atoms with E-state index in [9.17, 15) is 4.79 Å². The fourth-order valence-corrected chi connectivity index (χ4v) is 6.24. The predicted molar refractivity (Wildman–Crippen MR) is 135 cm³/mol. The van der Waals surface area contributed by atoms with Gasteiger partial charge in [0.2, 0.25) is 0 Å². The Morgan fingerprint density at radius 1 is 1.16 bits per heavy atom. The normalized spacial score (nSPS) is 24.8. The van der Waals surface area contributed by atoms with Crippen molar-refractivity contribution in [3.05, 3.63) is 57.2 Å². The van der Waals surface area contributed by atoms with Gasteiger partial charge in [-0.1, -0.05) is 24.3 Å². The average molecular weight is 530 g/mol. The zero-order valence-corrected chi connectivity index (χ0v) is 20.6. The van der Waals surface area contributed by atoms with Crippen LogP contribution in [-0.2, 0) is 0 Å². The molecule has 2 aromatic rings. The molecule has 0 aliphatic carbocycles. The van der Waals surface area contributed by atoms with Gasteiger partial charge in [0.25, 0.3) is 0 Å². The molecular weight excluding hydrogens is 499 g/mol. The highest BCUT2D eigenvalue weighted by molar-refractivity contribution is 14.1. The molecule has 5 nitrogen and oxygen atoms in total. The summed E-state index contributed by atoms with van der Waals surface area (Å²) in [6, 6.07) is 14.7. The number of hydrogen-bond acceptors (Lipinski definition) is 5. The van der Waals surface area contributed by atoms with Crippen LogP contribution < -0.4 is 15.1 Å². The molecular formula is C25H31IN4O. The molecule has 6 heteroatoms. The van der Waals surface area contributed by atoms with E-state index < -0.39 is 0 Å². The fourth-order valence-electron chi connectivity index (χ4n) is 5.88. The number of ketones is 1. The SMILES string of the molecule is CN[C@]12CCN(CCCC(=O)c3ccc(I)cc3)C[C@H]1c1cccc3c1N2CCN3C. The predicted octanol–water partition coefficient (Wildman–Crippen LogP) is 3.93. The molecule has 31 heavy (non-hydrogen) atoms. The second-order valence-corrected chi connectivity index (χ2v) is 10.3. The first kappa shape index (κ1) is 21.2. The molecule has 2 atom stereocenters. The number of fused-ring (bicyclic) bond motifs is 3. The van der Waals surface area contributed by atoms with Crippen LogP contribution in [0.4, 0.5) is 11.4 Å². The highest BCUT2D eigenvalue weighted by atomic mass is 127. The third-order valence-corrected chi connectivity index (χ3v) is 8.27. The summed E-state index contributed by atoms with van der Waals surface area (Å²) >= 11 is 2.28. The average Bonchev–Trinajstić information content (AvgIpc) is 3.07. The minimum atomic E-state index is 0.0210. The van der Waals surface area contributed by atoms with Crippen LogP contribution >= 0.6 is 22.6 Å². The van der Waals surface area contributed by atoms with Gasteiger partial charge in [-0.25, -0.2) is 0 Å². The molecule has 2 aromatic carbocycles. The molecule has 0 saturated carbocycles. The quantitative estimate of drug-likeness (QED) is 0.453. The van der Waals surface area contributed by atoms with E-state index in [0.717, 1.165) is 51.1 Å². The zero-order valence-electron chi connectivity index (χ0n) is 18.4. The van der Waals surface area contributed by atoms with Gasteiger partial charge in [-0.2, -0.15) is 0 Å². The van der Waals surface area contributed by atoms with Crippen molar-refractivity contribution in [3.63, 3.8) is 0 Å². The van der Waals surface area contributed by atoms with Crippen molar-refractivity contribution >= 4 is 39.7 Å². The number of likely N-dealkylation sites (N-methyl/N-ethyl adjacent to an activating group) is 2. The summed E-state index contributed by atoms with van der Waals surface area (Å²) in [5.74, 6) is 0.716. The molecule has 0 unspecified atom stereocenters. The van der Waals surface area contributed by atoms with Crippen LogP contribution in [-0.4, -0.2) is 63.2 Å². The summed E-state index contributed by atoms with van der Waals surface area (Å²) < 4.78 is 1.17. The van der Waals surface area contributed by atoms with Gasteiger partial charge in [0.05, 0.1) is 11.4 Å². The van der Waals surface area contributed by atoms with Crippen LogP contribution in [0.5, 0.6) is 0 Å². The van der Waals surface area contributed by atoms with Crippen molar-refractivity contribution < 1.29 is 4.79 Å². The van der Waals surface area contributed by atoms with Gasteiger partial charge < -0.3 is 14.7 Å². The van der Waals surface area contributed by atoms with Crippen molar-refractivity contribution in [2.75, 3.05) is 56.6 Å². The number of hydrogen-bond donors (Lipinski definition) is 1. The Labute approximate surface area is 198 Å². The molecule has 0 amide bonds. The largest absolute Gasteiger partial charge is 0.371 e. The zero-order chi connectivity index (χ0) is 21.6. The molecule has 3 aliphatic heterocycles. The van der Waals surface area contributed by atoms with Crippen molar-refractivity contribution in [1.29, 1.82) is 0 Å². The number of halogens is 1. The lowest BCUT2D eigenvalue weighted by Gasteiger charge is -2.51. The first-order chi connectivity index (χ1) is 15.0. The highest BCUT2D eigenvalue weighted by Gasteiger charge is 2.54. The van der Waals surface area contributed by atoms with Crippen LogP contribution in [0.15, 0.2) is 42.5 Å². The standard InChI is InChI=1S/C25H31IN4O/c1-27-25-12-14-29(13-4-7-23(31)18-8-10-19(26)11-9-18)17-21(25)20-5-3-6-22-24(20)30(25)16-15-28(22)2/h3,5-6,8-11,21,27H,4,7,12-17H2,1-2H3/t21-,25-/m0/s1. The Morgan fingerprint density at radius 3 is 2.74 bits per heavy atom. The number of nitrogens with one attached hydrogen (secondary N) is 1. The summed E-state index contributed by atoms with van der Waals surface area (Å²) in [4.78, 5) is 20.2. The van der Waals surface area contributed by atoms with Crippen LogP contribution in [0, 0.1) is 3.57 Å². The molecule has 3 heterocycles. The monoisotopic (exact) mass is 530 g/mol. The van der Waals surface area contributed by atoms with Crippen LogP contribution in [0.1, 0.15) is 41.1 Å². The molecule has 1 N–H and O–H groups in total. The van der Waals surface area contributed by atoms with E-state index in [4.69, 9.17) is 0 Å². The van der Waals surface area contributed by atoms with E-state index >= 15 is 0 Å². The van der Waals surface area contributed by atoms with E-state index in [1.54, 1.807) is 0 Å². The lowest BCUT2D eigenvalue weighted by molar-refractivity contribution is 0.0953. The number of carbonyl (C=O) groups excluding carboxylic acids is 1. The lowest BCUT2D eigenvalue weighted by Crippen LogP contribution is -2.65. The third kappa shape index (κ3) is 3.56. The number of benzene rings is 2. The molecule has 164 valence electrons.